The Kier molecular flexibility index (Phi) is 13.0. The summed E-state index contributed by atoms with van der Waals surface area (Å²) in [7, 11) is 0. The Morgan fingerprint density at radius 3 is 2.17 bits per heavy atom. The van der Waals surface area contributed by atoms with Crippen LogP contribution in [0.5, 0.6) is 0 Å². The fourth-order valence-electron chi connectivity index (χ4n) is 10.5. The zero-order valence-corrected chi connectivity index (χ0v) is 34.0. The molecule has 4 N–H and O–H groups in total. The average molecular weight is 751 g/mol. The van der Waals surface area contributed by atoms with Gasteiger partial charge >= 0.3 is 5.97 Å². The lowest BCUT2D eigenvalue weighted by atomic mass is 9.72. The lowest BCUT2D eigenvalue weighted by Crippen LogP contribution is -2.63. The van der Waals surface area contributed by atoms with Gasteiger partial charge in [0.25, 0.3) is 0 Å². The van der Waals surface area contributed by atoms with Gasteiger partial charge in [-0.05, 0) is 95.6 Å². The number of carboxylic acids is 1. The molecule has 304 valence electrons. The monoisotopic (exact) mass is 750 g/mol. The number of hydrogen-bond acceptors (Lipinski definition) is 10. The number of aliphatic carboxylic acids is 1. The van der Waals surface area contributed by atoms with Crippen LogP contribution in [0.25, 0.3) is 0 Å². The highest BCUT2D eigenvalue weighted by Gasteiger charge is 2.63. The van der Waals surface area contributed by atoms with Gasteiger partial charge in [0.2, 0.25) is 5.79 Å². The smallest absolute Gasteiger partial charge is 0.309 e. The summed E-state index contributed by atoms with van der Waals surface area (Å²) in [6.45, 7) is 19.6. The zero-order valence-electron chi connectivity index (χ0n) is 34.0. The molecule has 0 radical (unpaired) electrons. The summed E-state index contributed by atoms with van der Waals surface area (Å²) in [5, 5.41) is 44.0. The molecular formula is C42H70O11. The molecular weight excluding hydrogens is 680 g/mol. The molecule has 5 rings (SSSR count). The number of carbonyl (C=O) groups is 2. The van der Waals surface area contributed by atoms with Gasteiger partial charge in [-0.15, -0.1) is 0 Å². The van der Waals surface area contributed by atoms with Crippen LogP contribution in [-0.2, 0) is 33.3 Å². The van der Waals surface area contributed by atoms with Gasteiger partial charge in [0.1, 0.15) is 11.9 Å². The van der Waals surface area contributed by atoms with Gasteiger partial charge in [0.05, 0.1) is 53.7 Å². The summed E-state index contributed by atoms with van der Waals surface area (Å²) in [6, 6.07) is 0. The summed E-state index contributed by atoms with van der Waals surface area (Å²) >= 11 is 0. The third kappa shape index (κ3) is 7.94. The van der Waals surface area contributed by atoms with Crippen molar-refractivity contribution >= 4 is 11.8 Å². The third-order valence-corrected chi connectivity index (χ3v) is 14.4. The molecule has 4 saturated heterocycles. The SMILES string of the molecule is CC[C@@H](C(=O)[C@@H](C)[C@H](O)[C@H](C)[C@@H]1O[C@@H]([C@@H](CC)C(=O)O)CC[C@@H]1C)[C@H]1O[C@@]2(C=C[C@@H](O)[C@]3(CC[C@@](C)([C@@H]4CC[C@](O)(CC)[C@H](C)O4)O3)O2)[C@H](C)C[C@@H]1C. The Bertz CT molecular complexity index is 1320. The lowest BCUT2D eigenvalue weighted by Gasteiger charge is -2.54. The number of aliphatic hydroxyl groups excluding tert-OH is 2. The van der Waals surface area contributed by atoms with Gasteiger partial charge < -0.3 is 44.1 Å². The minimum atomic E-state index is -1.37. The van der Waals surface area contributed by atoms with Crippen LogP contribution in [-0.4, -0.2) is 97.7 Å². The van der Waals surface area contributed by atoms with E-state index in [4.69, 9.17) is 23.7 Å². The number of ether oxygens (including phenoxy) is 5. The van der Waals surface area contributed by atoms with E-state index in [-0.39, 0.29) is 41.8 Å². The van der Waals surface area contributed by atoms with Crippen LogP contribution in [0.4, 0.5) is 0 Å². The Morgan fingerprint density at radius 2 is 1.57 bits per heavy atom. The van der Waals surface area contributed by atoms with Crippen LogP contribution in [0.2, 0.25) is 0 Å². The maximum atomic E-state index is 14.4. The number of carbonyl (C=O) groups excluding carboxylic acids is 1. The summed E-state index contributed by atoms with van der Waals surface area (Å²) < 4.78 is 33.5. The first-order valence-electron chi connectivity index (χ1n) is 20.7. The highest BCUT2D eigenvalue weighted by atomic mass is 16.8. The van der Waals surface area contributed by atoms with E-state index in [1.54, 1.807) is 19.1 Å². The number of Topliss-reactive ketones (excluding diaryl/α,β-unsaturated/α-hetero) is 1. The zero-order chi connectivity index (χ0) is 39.3. The predicted molar refractivity (Wildman–Crippen MR) is 199 cm³/mol. The first kappa shape index (κ1) is 42.7. The molecule has 5 aliphatic rings. The van der Waals surface area contributed by atoms with Crippen molar-refractivity contribution in [1.29, 1.82) is 0 Å². The van der Waals surface area contributed by atoms with Crippen LogP contribution in [0.3, 0.4) is 0 Å². The largest absolute Gasteiger partial charge is 0.481 e. The maximum absolute atomic E-state index is 14.4. The van der Waals surface area contributed by atoms with E-state index in [1.165, 1.54) is 0 Å². The molecule has 0 amide bonds. The third-order valence-electron chi connectivity index (χ3n) is 14.4. The van der Waals surface area contributed by atoms with Gasteiger partial charge in [0.15, 0.2) is 5.79 Å². The summed E-state index contributed by atoms with van der Waals surface area (Å²) in [6.07, 6.45) is 5.51. The highest BCUT2D eigenvalue weighted by Crippen LogP contribution is 2.54. The van der Waals surface area contributed by atoms with Crippen molar-refractivity contribution in [3.63, 3.8) is 0 Å². The summed E-state index contributed by atoms with van der Waals surface area (Å²) in [5.41, 5.74) is -1.63. The molecule has 0 aromatic heterocycles. The average Bonchev–Trinajstić information content (AvgIpc) is 3.47. The van der Waals surface area contributed by atoms with Crippen LogP contribution in [0, 0.1) is 41.4 Å². The molecule has 0 saturated carbocycles. The van der Waals surface area contributed by atoms with Crippen molar-refractivity contribution in [1.82, 2.24) is 0 Å². The second-order valence-electron chi connectivity index (χ2n) is 17.9. The number of ketones is 1. The van der Waals surface area contributed by atoms with Crippen molar-refractivity contribution in [3.8, 4) is 0 Å². The molecule has 5 aliphatic heterocycles. The summed E-state index contributed by atoms with van der Waals surface area (Å²) in [4.78, 5) is 26.4. The van der Waals surface area contributed by atoms with Crippen LogP contribution < -0.4 is 0 Å². The van der Waals surface area contributed by atoms with E-state index in [0.29, 0.717) is 57.8 Å². The van der Waals surface area contributed by atoms with E-state index < -0.39 is 76.8 Å². The number of hydrogen-bond donors (Lipinski definition) is 4. The van der Waals surface area contributed by atoms with E-state index in [9.17, 15) is 30.0 Å². The van der Waals surface area contributed by atoms with Crippen molar-refractivity contribution in [2.75, 3.05) is 0 Å². The number of carboxylic acid groups (broad SMARTS) is 1. The number of aliphatic hydroxyl groups is 3. The van der Waals surface area contributed by atoms with E-state index >= 15 is 0 Å². The van der Waals surface area contributed by atoms with Crippen molar-refractivity contribution < 1.29 is 53.7 Å². The molecule has 4 fully saturated rings. The van der Waals surface area contributed by atoms with Crippen molar-refractivity contribution in [2.24, 2.45) is 41.4 Å². The summed E-state index contributed by atoms with van der Waals surface area (Å²) in [5.74, 6) is -5.78. The molecule has 53 heavy (non-hydrogen) atoms. The van der Waals surface area contributed by atoms with Gasteiger partial charge in [0, 0.05) is 30.1 Å². The minimum absolute atomic E-state index is 0.0137. The molecule has 11 heteroatoms. The molecule has 0 aliphatic carbocycles. The standard InChI is InChI=1S/C42H70O11/c1-11-29(38(46)47)31-15-14-23(4)36(50-31)27(8)34(44)26(7)35(45)30(12-2)37-24(5)22-25(6)41(51-37)19-16-32(43)42(53-41)21-20-39(10,52-42)33-17-18-40(48,13-3)28(9)49-33/h16,19,23-34,36-37,43-44,48H,11-15,17-18,20-22H2,1-10H3,(H,46,47)/t23-,24-,25+,26-,27-,28-,29+,30-,31+,32+,33-,34-,36+,37-,39-,40+,41+,42-/m0/s1. The van der Waals surface area contributed by atoms with Gasteiger partial charge in [-0.2, -0.15) is 0 Å². The van der Waals surface area contributed by atoms with E-state index in [2.05, 4.69) is 20.8 Å². The van der Waals surface area contributed by atoms with E-state index in [1.807, 2.05) is 41.5 Å². The predicted octanol–water partition coefficient (Wildman–Crippen LogP) is 6.19. The molecule has 18 atom stereocenters. The molecule has 2 spiro atoms. The fraction of sp³-hybridized carbons (Fsp3) is 0.905. The molecule has 0 unspecified atom stereocenters. The maximum Gasteiger partial charge on any atom is 0.309 e. The van der Waals surface area contributed by atoms with E-state index in [0.717, 1.165) is 6.42 Å². The molecule has 11 nitrogen and oxygen atoms in total. The highest BCUT2D eigenvalue weighted by molar-refractivity contribution is 5.84. The topological polar surface area (TPSA) is 161 Å². The Labute approximate surface area is 317 Å². The normalized spacial score (nSPS) is 46.2. The van der Waals surface area contributed by atoms with Crippen molar-refractivity contribution in [2.45, 2.75) is 199 Å². The van der Waals surface area contributed by atoms with Crippen LogP contribution >= 0.6 is 0 Å². The first-order valence-corrected chi connectivity index (χ1v) is 20.7. The second-order valence-corrected chi connectivity index (χ2v) is 17.9. The van der Waals surface area contributed by atoms with Gasteiger partial charge in [-0.1, -0.05) is 55.4 Å². The van der Waals surface area contributed by atoms with Crippen LogP contribution in [0.15, 0.2) is 12.2 Å². The molecule has 0 aromatic rings. The Hall–Kier alpha value is -1.44. The first-order chi connectivity index (χ1) is 24.8. The molecule has 5 heterocycles. The minimum Gasteiger partial charge on any atom is -0.481 e. The quantitative estimate of drug-likeness (QED) is 0.169. The van der Waals surface area contributed by atoms with Crippen LogP contribution in [0.1, 0.15) is 133 Å². The molecule has 0 bridgehead atoms. The van der Waals surface area contributed by atoms with Crippen molar-refractivity contribution in [3.05, 3.63) is 12.2 Å². The number of rotatable bonds is 12. The van der Waals surface area contributed by atoms with Gasteiger partial charge in [-0.3, -0.25) is 9.59 Å². The molecule has 0 aromatic carbocycles. The fourth-order valence-corrected chi connectivity index (χ4v) is 10.5. The Balaban J connectivity index is 1.31. The lowest BCUT2D eigenvalue weighted by molar-refractivity contribution is -0.409. The Morgan fingerprint density at radius 1 is 0.887 bits per heavy atom. The van der Waals surface area contributed by atoms with Gasteiger partial charge in [-0.25, -0.2) is 0 Å². The second kappa shape index (κ2) is 16.2.